The SMILES string of the molecule is Cc1nc2ccccc2n1C1C[C@H]2CC[C@@H](C1)N2CCC1(c2ccccc2)CCN(C(=NC#N)Oc2ccccc2)CC1. The lowest BCUT2D eigenvalue weighted by Crippen LogP contribution is -2.49. The van der Waals surface area contributed by atoms with Gasteiger partial charge >= 0.3 is 6.02 Å². The zero-order valence-electron chi connectivity index (χ0n) is 25.0. The van der Waals surface area contributed by atoms with Crippen molar-refractivity contribution in [1.82, 2.24) is 19.4 Å². The Hall–Kier alpha value is -4.15. The number of amidine groups is 1. The molecule has 7 nitrogen and oxygen atoms in total. The highest BCUT2D eigenvalue weighted by Crippen LogP contribution is 2.45. The van der Waals surface area contributed by atoms with Gasteiger partial charge in [0, 0.05) is 31.2 Å². The predicted molar refractivity (Wildman–Crippen MR) is 170 cm³/mol. The van der Waals surface area contributed by atoms with Crippen LogP contribution in [0.2, 0.25) is 0 Å². The summed E-state index contributed by atoms with van der Waals surface area (Å²) in [7, 11) is 0. The normalized spacial score (nSPS) is 23.8. The number of aliphatic imine (C=N–C) groups is 1. The highest BCUT2D eigenvalue weighted by atomic mass is 16.5. The third kappa shape index (κ3) is 5.41. The topological polar surface area (TPSA) is 69.7 Å². The molecule has 1 unspecified atom stereocenters. The maximum Gasteiger partial charge on any atom is 0.308 e. The molecule has 4 heterocycles. The minimum atomic E-state index is 0.0929. The Morgan fingerprint density at radius 1 is 0.907 bits per heavy atom. The van der Waals surface area contributed by atoms with Gasteiger partial charge in [-0.1, -0.05) is 60.7 Å². The zero-order valence-corrected chi connectivity index (χ0v) is 25.0. The number of rotatable bonds is 6. The van der Waals surface area contributed by atoms with E-state index in [9.17, 15) is 5.26 Å². The van der Waals surface area contributed by atoms with Gasteiger partial charge in [0.25, 0.3) is 0 Å². The number of para-hydroxylation sites is 3. The summed E-state index contributed by atoms with van der Waals surface area (Å²) < 4.78 is 8.60. The summed E-state index contributed by atoms with van der Waals surface area (Å²) in [5.41, 5.74) is 3.92. The number of fused-ring (bicyclic) bond motifs is 3. The summed E-state index contributed by atoms with van der Waals surface area (Å²) >= 11 is 0. The van der Waals surface area contributed by atoms with Gasteiger partial charge in [-0.25, -0.2) is 4.98 Å². The molecule has 0 spiro atoms. The minimum Gasteiger partial charge on any atom is -0.425 e. The fraction of sp³-hybridized carbons (Fsp3) is 0.417. The number of imidazole rings is 1. The molecule has 3 aliphatic heterocycles. The number of piperidine rings is 2. The van der Waals surface area contributed by atoms with Gasteiger partial charge in [0.05, 0.1) is 11.0 Å². The van der Waals surface area contributed by atoms with Crippen LogP contribution in [0.3, 0.4) is 0 Å². The van der Waals surface area contributed by atoms with Gasteiger partial charge in [-0.3, -0.25) is 4.90 Å². The summed E-state index contributed by atoms with van der Waals surface area (Å²) in [5.74, 6) is 1.85. The molecular formula is C36H40N6O. The van der Waals surface area contributed by atoms with Crippen LogP contribution in [0.15, 0.2) is 89.9 Å². The molecule has 7 rings (SSSR count). The molecule has 220 valence electrons. The van der Waals surface area contributed by atoms with E-state index < -0.39 is 0 Å². The van der Waals surface area contributed by atoms with Gasteiger partial charge < -0.3 is 14.2 Å². The van der Waals surface area contributed by atoms with E-state index in [1.165, 1.54) is 36.8 Å². The molecule has 3 saturated heterocycles. The van der Waals surface area contributed by atoms with E-state index in [1.807, 2.05) is 36.5 Å². The van der Waals surface area contributed by atoms with Crippen molar-refractivity contribution in [2.45, 2.75) is 75.4 Å². The second kappa shape index (κ2) is 11.9. The van der Waals surface area contributed by atoms with Crippen LogP contribution in [-0.4, -0.2) is 57.1 Å². The van der Waals surface area contributed by atoms with Crippen molar-refractivity contribution in [2.75, 3.05) is 19.6 Å². The third-order valence-corrected chi connectivity index (χ3v) is 10.3. The monoisotopic (exact) mass is 572 g/mol. The molecular weight excluding hydrogens is 532 g/mol. The van der Waals surface area contributed by atoms with Crippen LogP contribution in [0, 0.1) is 18.4 Å². The van der Waals surface area contributed by atoms with Gasteiger partial charge in [-0.15, -0.1) is 4.99 Å². The smallest absolute Gasteiger partial charge is 0.308 e. The number of nitriles is 1. The molecule has 0 amide bonds. The Morgan fingerprint density at radius 3 is 2.26 bits per heavy atom. The molecule has 3 fully saturated rings. The van der Waals surface area contributed by atoms with Crippen molar-refractivity contribution in [1.29, 1.82) is 5.26 Å². The lowest BCUT2D eigenvalue weighted by atomic mass is 9.70. The third-order valence-electron chi connectivity index (χ3n) is 10.3. The second-order valence-electron chi connectivity index (χ2n) is 12.6. The number of benzene rings is 3. The molecule has 0 N–H and O–H groups in total. The molecule has 3 atom stereocenters. The van der Waals surface area contributed by atoms with E-state index >= 15 is 0 Å². The van der Waals surface area contributed by atoms with Crippen molar-refractivity contribution in [2.24, 2.45) is 4.99 Å². The number of aryl methyl sites for hydroxylation is 1. The Morgan fingerprint density at radius 2 is 1.56 bits per heavy atom. The largest absolute Gasteiger partial charge is 0.425 e. The highest BCUT2D eigenvalue weighted by molar-refractivity contribution is 5.77. The summed E-state index contributed by atoms with van der Waals surface area (Å²) in [4.78, 5) is 14.0. The Bertz CT molecular complexity index is 1600. The molecule has 3 aromatic carbocycles. The maximum atomic E-state index is 9.40. The average molecular weight is 573 g/mol. The molecule has 3 aliphatic rings. The van der Waals surface area contributed by atoms with Crippen LogP contribution in [0.1, 0.15) is 62.4 Å². The van der Waals surface area contributed by atoms with Crippen molar-refractivity contribution in [3.05, 3.63) is 96.3 Å². The summed E-state index contributed by atoms with van der Waals surface area (Å²) in [5, 5.41) is 9.40. The molecule has 0 aliphatic carbocycles. The zero-order chi connectivity index (χ0) is 29.2. The quantitative estimate of drug-likeness (QED) is 0.144. The van der Waals surface area contributed by atoms with E-state index in [0.29, 0.717) is 29.9 Å². The van der Waals surface area contributed by atoms with E-state index in [0.717, 1.165) is 50.2 Å². The molecule has 2 bridgehead atoms. The summed E-state index contributed by atoms with van der Waals surface area (Å²) in [6.45, 7) is 4.91. The first kappa shape index (κ1) is 27.7. The molecule has 4 aromatic rings. The van der Waals surface area contributed by atoms with Gasteiger partial charge in [0.15, 0.2) is 0 Å². The molecule has 0 saturated carbocycles. The van der Waals surface area contributed by atoms with E-state index in [-0.39, 0.29) is 5.41 Å². The Labute approximate surface area is 254 Å². The predicted octanol–water partition coefficient (Wildman–Crippen LogP) is 6.85. The first-order valence-electron chi connectivity index (χ1n) is 15.8. The van der Waals surface area contributed by atoms with Gasteiger partial charge in [-0.2, -0.15) is 5.26 Å². The van der Waals surface area contributed by atoms with Crippen LogP contribution in [0.5, 0.6) is 5.75 Å². The summed E-state index contributed by atoms with van der Waals surface area (Å²) in [6.07, 6.45) is 10.1. The van der Waals surface area contributed by atoms with Crippen LogP contribution in [0.25, 0.3) is 11.0 Å². The Kier molecular flexibility index (Phi) is 7.63. The number of likely N-dealkylation sites (tertiary alicyclic amines) is 1. The molecule has 7 heteroatoms. The number of aromatic nitrogens is 2. The van der Waals surface area contributed by atoms with Crippen LogP contribution in [0.4, 0.5) is 0 Å². The van der Waals surface area contributed by atoms with Gasteiger partial charge in [-0.05, 0) is 93.7 Å². The molecule has 1 aromatic heterocycles. The highest BCUT2D eigenvalue weighted by Gasteiger charge is 2.44. The number of ether oxygens (including phenoxy) is 1. The van der Waals surface area contributed by atoms with Crippen LogP contribution < -0.4 is 4.74 Å². The summed E-state index contributed by atoms with van der Waals surface area (Å²) in [6, 6.07) is 31.5. The first-order chi connectivity index (χ1) is 21.1. The number of hydrogen-bond acceptors (Lipinski definition) is 5. The first-order valence-corrected chi connectivity index (χ1v) is 15.8. The number of hydrogen-bond donors (Lipinski definition) is 0. The number of nitrogens with zero attached hydrogens (tertiary/aromatic N) is 6. The van der Waals surface area contributed by atoms with E-state index in [2.05, 4.69) is 80.9 Å². The van der Waals surface area contributed by atoms with E-state index in [1.54, 1.807) is 0 Å². The fourth-order valence-electron chi connectivity index (χ4n) is 8.19. The van der Waals surface area contributed by atoms with Crippen molar-refractivity contribution < 1.29 is 4.74 Å². The lowest BCUT2D eigenvalue weighted by Gasteiger charge is -2.46. The van der Waals surface area contributed by atoms with Crippen LogP contribution in [-0.2, 0) is 5.41 Å². The lowest BCUT2D eigenvalue weighted by molar-refractivity contribution is 0.0878. The molecule has 43 heavy (non-hydrogen) atoms. The standard InChI is InChI=1S/C36H40N6O/c1-27-39-33-14-8-9-15-34(33)42(27)31-24-29-16-17-30(25-31)41(29)23-20-36(28-10-4-2-5-11-28)18-21-40(22-19-36)35(38-26-37)43-32-12-6-3-7-13-32/h2-15,29-31H,16-25H2,1H3/t29-,30+,31?. The Balaban J connectivity index is 1.06. The van der Waals surface area contributed by atoms with Gasteiger partial charge in [0.2, 0.25) is 6.19 Å². The fourth-order valence-corrected chi connectivity index (χ4v) is 8.19. The maximum absolute atomic E-state index is 9.40. The minimum absolute atomic E-state index is 0.0929. The van der Waals surface area contributed by atoms with Gasteiger partial charge in [0.1, 0.15) is 11.6 Å². The van der Waals surface area contributed by atoms with Crippen molar-refractivity contribution in [3.63, 3.8) is 0 Å². The van der Waals surface area contributed by atoms with E-state index in [4.69, 9.17) is 9.72 Å². The molecule has 0 radical (unpaired) electrons. The van der Waals surface area contributed by atoms with Crippen molar-refractivity contribution in [3.8, 4) is 11.9 Å². The van der Waals surface area contributed by atoms with Crippen molar-refractivity contribution >= 4 is 17.1 Å². The average Bonchev–Trinajstić information content (AvgIpc) is 3.51. The second-order valence-corrected chi connectivity index (χ2v) is 12.6. The van der Waals surface area contributed by atoms with Crippen LogP contribution >= 0.6 is 0 Å².